The summed E-state index contributed by atoms with van der Waals surface area (Å²) in [6.07, 6.45) is 0. The third-order valence-electron chi connectivity index (χ3n) is 3.27. The van der Waals surface area contributed by atoms with Crippen LogP contribution >= 0.6 is 15.9 Å². The smallest absolute Gasteiger partial charge is 0.144 e. The standard InChI is InChI=1S/C16H16BrF2N/c1-10-4-3-5-12(8-10)11(2)20-9-13-15(18)7-6-14(17)16(13)19/h3-8,11,20H,9H2,1-2H3/t11-/m1/s1. The van der Waals surface area contributed by atoms with E-state index in [1.807, 2.05) is 32.0 Å². The van der Waals surface area contributed by atoms with E-state index in [0.717, 1.165) is 11.1 Å². The van der Waals surface area contributed by atoms with E-state index in [-0.39, 0.29) is 22.6 Å². The second-order valence-electron chi connectivity index (χ2n) is 4.84. The van der Waals surface area contributed by atoms with Crippen molar-refractivity contribution in [3.05, 3.63) is 69.2 Å². The Morgan fingerprint density at radius 3 is 2.65 bits per heavy atom. The Balaban J connectivity index is 2.11. The first-order valence-electron chi connectivity index (χ1n) is 6.41. The maximum atomic E-state index is 13.9. The predicted octanol–water partition coefficient (Wildman–Crippen LogP) is 4.89. The monoisotopic (exact) mass is 339 g/mol. The van der Waals surface area contributed by atoms with E-state index in [2.05, 4.69) is 27.3 Å². The molecule has 0 aromatic heterocycles. The van der Waals surface area contributed by atoms with Crippen LogP contribution in [0, 0.1) is 18.6 Å². The van der Waals surface area contributed by atoms with Gasteiger partial charge in [0.25, 0.3) is 0 Å². The molecule has 0 saturated carbocycles. The second kappa shape index (κ2) is 6.46. The summed E-state index contributed by atoms with van der Waals surface area (Å²) in [5, 5.41) is 3.15. The molecular weight excluding hydrogens is 324 g/mol. The lowest BCUT2D eigenvalue weighted by atomic mass is 10.1. The minimum atomic E-state index is -0.547. The highest BCUT2D eigenvalue weighted by atomic mass is 79.9. The number of hydrogen-bond acceptors (Lipinski definition) is 1. The van der Waals surface area contributed by atoms with Gasteiger partial charge >= 0.3 is 0 Å². The summed E-state index contributed by atoms with van der Waals surface area (Å²) in [6, 6.07) is 10.7. The van der Waals surface area contributed by atoms with Gasteiger partial charge in [-0.3, -0.25) is 0 Å². The van der Waals surface area contributed by atoms with Crippen molar-refractivity contribution < 1.29 is 8.78 Å². The predicted molar refractivity (Wildman–Crippen MR) is 80.5 cm³/mol. The number of nitrogens with one attached hydrogen (secondary N) is 1. The second-order valence-corrected chi connectivity index (χ2v) is 5.69. The average Bonchev–Trinajstić information content (AvgIpc) is 2.43. The van der Waals surface area contributed by atoms with Crippen LogP contribution in [0.1, 0.15) is 29.7 Å². The molecule has 2 aromatic carbocycles. The van der Waals surface area contributed by atoms with Gasteiger partial charge in [0, 0.05) is 18.2 Å². The molecule has 1 atom stereocenters. The van der Waals surface area contributed by atoms with E-state index in [0.29, 0.717) is 0 Å². The Bertz CT molecular complexity index is 613. The fourth-order valence-corrected chi connectivity index (χ4v) is 2.42. The van der Waals surface area contributed by atoms with Crippen LogP contribution in [-0.2, 0) is 6.54 Å². The van der Waals surface area contributed by atoms with Crippen LogP contribution in [0.5, 0.6) is 0 Å². The Kier molecular flexibility index (Phi) is 4.89. The highest BCUT2D eigenvalue weighted by molar-refractivity contribution is 9.10. The normalized spacial score (nSPS) is 12.4. The molecule has 2 aromatic rings. The SMILES string of the molecule is Cc1cccc([C@@H](C)NCc2c(F)ccc(Br)c2F)c1. The van der Waals surface area contributed by atoms with E-state index in [4.69, 9.17) is 0 Å². The van der Waals surface area contributed by atoms with Crippen LogP contribution in [0.3, 0.4) is 0 Å². The van der Waals surface area contributed by atoms with Crippen molar-refractivity contribution in [1.82, 2.24) is 5.32 Å². The zero-order valence-electron chi connectivity index (χ0n) is 11.4. The van der Waals surface area contributed by atoms with Gasteiger partial charge in [-0.05, 0) is 47.5 Å². The largest absolute Gasteiger partial charge is 0.306 e. The first-order chi connectivity index (χ1) is 9.49. The highest BCUT2D eigenvalue weighted by Crippen LogP contribution is 2.22. The van der Waals surface area contributed by atoms with Crippen LogP contribution < -0.4 is 5.32 Å². The maximum absolute atomic E-state index is 13.9. The molecule has 1 nitrogen and oxygen atoms in total. The fraction of sp³-hybridized carbons (Fsp3) is 0.250. The van der Waals surface area contributed by atoms with Gasteiger partial charge in [0.15, 0.2) is 0 Å². The molecule has 0 spiro atoms. The summed E-state index contributed by atoms with van der Waals surface area (Å²) in [6.45, 7) is 4.14. The van der Waals surface area contributed by atoms with Gasteiger partial charge in [-0.1, -0.05) is 29.8 Å². The number of hydrogen-bond donors (Lipinski definition) is 1. The Hall–Kier alpha value is -1.26. The molecule has 2 rings (SSSR count). The van der Waals surface area contributed by atoms with Gasteiger partial charge in [0.1, 0.15) is 11.6 Å². The summed E-state index contributed by atoms with van der Waals surface area (Å²) in [5.74, 6) is -1.08. The number of benzene rings is 2. The van der Waals surface area contributed by atoms with Crippen molar-refractivity contribution in [2.24, 2.45) is 0 Å². The molecule has 106 valence electrons. The molecular formula is C16H16BrF2N. The molecule has 0 aliphatic heterocycles. The zero-order chi connectivity index (χ0) is 14.7. The lowest BCUT2D eigenvalue weighted by Crippen LogP contribution is -2.19. The molecule has 0 aliphatic carbocycles. The first-order valence-corrected chi connectivity index (χ1v) is 7.20. The van der Waals surface area contributed by atoms with E-state index in [9.17, 15) is 8.78 Å². The number of halogens is 3. The third-order valence-corrected chi connectivity index (χ3v) is 3.88. The lowest BCUT2D eigenvalue weighted by Gasteiger charge is -2.16. The van der Waals surface area contributed by atoms with Crippen LogP contribution in [-0.4, -0.2) is 0 Å². The Labute approximate surface area is 126 Å². The molecule has 20 heavy (non-hydrogen) atoms. The van der Waals surface area contributed by atoms with Crippen molar-refractivity contribution in [3.63, 3.8) is 0 Å². The van der Waals surface area contributed by atoms with Gasteiger partial charge in [-0.25, -0.2) is 8.78 Å². The van der Waals surface area contributed by atoms with Crippen molar-refractivity contribution in [1.29, 1.82) is 0 Å². The van der Waals surface area contributed by atoms with Gasteiger partial charge in [-0.2, -0.15) is 0 Å². The van der Waals surface area contributed by atoms with Gasteiger partial charge in [0.2, 0.25) is 0 Å². The molecule has 0 heterocycles. The Morgan fingerprint density at radius 1 is 1.20 bits per heavy atom. The summed E-state index contributed by atoms with van der Waals surface area (Å²) in [7, 11) is 0. The summed E-state index contributed by atoms with van der Waals surface area (Å²) in [4.78, 5) is 0. The molecule has 0 saturated heterocycles. The van der Waals surface area contributed by atoms with Crippen LogP contribution in [0.2, 0.25) is 0 Å². The van der Waals surface area contributed by atoms with E-state index in [1.54, 1.807) is 0 Å². The highest BCUT2D eigenvalue weighted by Gasteiger charge is 2.13. The molecule has 0 radical (unpaired) electrons. The van der Waals surface area contributed by atoms with Crippen LogP contribution in [0.25, 0.3) is 0 Å². The molecule has 4 heteroatoms. The topological polar surface area (TPSA) is 12.0 Å². The molecule has 0 fully saturated rings. The van der Waals surface area contributed by atoms with Crippen molar-refractivity contribution in [3.8, 4) is 0 Å². The summed E-state index contributed by atoms with van der Waals surface area (Å²) < 4.78 is 27.8. The van der Waals surface area contributed by atoms with Gasteiger partial charge in [-0.15, -0.1) is 0 Å². The van der Waals surface area contributed by atoms with Crippen molar-refractivity contribution in [2.45, 2.75) is 26.4 Å². The lowest BCUT2D eigenvalue weighted by molar-refractivity contribution is 0.506. The maximum Gasteiger partial charge on any atom is 0.144 e. The molecule has 0 amide bonds. The average molecular weight is 340 g/mol. The molecule has 0 unspecified atom stereocenters. The molecule has 0 aliphatic rings. The van der Waals surface area contributed by atoms with Crippen molar-refractivity contribution >= 4 is 15.9 Å². The quantitative estimate of drug-likeness (QED) is 0.782. The minimum absolute atomic E-state index is 0.0210. The Morgan fingerprint density at radius 2 is 1.95 bits per heavy atom. The summed E-state index contributed by atoms with van der Waals surface area (Å²) in [5.41, 5.74) is 2.32. The van der Waals surface area contributed by atoms with Gasteiger partial charge in [0.05, 0.1) is 4.47 Å². The van der Waals surface area contributed by atoms with E-state index >= 15 is 0 Å². The summed E-state index contributed by atoms with van der Waals surface area (Å²) >= 11 is 3.07. The molecule has 1 N–H and O–H groups in total. The number of aryl methyl sites for hydroxylation is 1. The van der Waals surface area contributed by atoms with Crippen LogP contribution in [0.4, 0.5) is 8.78 Å². The first kappa shape index (κ1) is 15.1. The van der Waals surface area contributed by atoms with E-state index < -0.39 is 11.6 Å². The van der Waals surface area contributed by atoms with Gasteiger partial charge < -0.3 is 5.32 Å². The molecule has 0 bridgehead atoms. The minimum Gasteiger partial charge on any atom is -0.306 e. The number of rotatable bonds is 4. The van der Waals surface area contributed by atoms with Crippen molar-refractivity contribution in [2.75, 3.05) is 0 Å². The fourth-order valence-electron chi connectivity index (χ4n) is 2.04. The third kappa shape index (κ3) is 3.44. The zero-order valence-corrected chi connectivity index (χ0v) is 13.0. The van der Waals surface area contributed by atoms with Crippen LogP contribution in [0.15, 0.2) is 40.9 Å². The van der Waals surface area contributed by atoms with E-state index in [1.165, 1.54) is 12.1 Å².